The molecule has 0 amide bonds. The van der Waals surface area contributed by atoms with Crippen molar-refractivity contribution in [2.75, 3.05) is 17.6 Å². The summed E-state index contributed by atoms with van der Waals surface area (Å²) >= 11 is 0. The van der Waals surface area contributed by atoms with Gasteiger partial charge in [-0.15, -0.1) is 0 Å². The first-order valence-corrected chi connectivity index (χ1v) is 7.22. The van der Waals surface area contributed by atoms with Gasteiger partial charge < -0.3 is 10.3 Å². The highest BCUT2D eigenvalue weighted by Crippen LogP contribution is 2.19. The van der Waals surface area contributed by atoms with Crippen LogP contribution in [0.2, 0.25) is 0 Å². The predicted molar refractivity (Wildman–Crippen MR) is 64.9 cm³/mol. The van der Waals surface area contributed by atoms with Gasteiger partial charge in [-0.05, 0) is 19.8 Å². The zero-order valence-electron chi connectivity index (χ0n) is 9.56. The second kappa shape index (κ2) is 4.48. The van der Waals surface area contributed by atoms with Crippen LogP contribution in [0.1, 0.15) is 18.7 Å². The maximum atomic E-state index is 11.6. The van der Waals surface area contributed by atoms with Gasteiger partial charge in [-0.3, -0.25) is 4.79 Å². The lowest BCUT2D eigenvalue weighted by atomic mass is 10.2. The molecule has 1 aliphatic rings. The summed E-state index contributed by atoms with van der Waals surface area (Å²) < 4.78 is 23.2. The molecule has 6 nitrogen and oxygen atoms in total. The minimum absolute atomic E-state index is 0.241. The van der Waals surface area contributed by atoms with Crippen molar-refractivity contribution in [3.8, 4) is 0 Å². The van der Waals surface area contributed by atoms with Crippen molar-refractivity contribution >= 4 is 15.7 Å². The monoisotopic (exact) mass is 257 g/mol. The fourth-order valence-corrected chi connectivity index (χ4v) is 3.74. The summed E-state index contributed by atoms with van der Waals surface area (Å²) in [7, 11) is -2.95. The Labute approximate surface area is 99.4 Å². The molecule has 0 spiro atoms. The zero-order valence-corrected chi connectivity index (χ0v) is 10.4. The zero-order chi connectivity index (χ0) is 12.5. The number of anilines is 1. The van der Waals surface area contributed by atoms with Crippen LogP contribution in [0.3, 0.4) is 0 Å². The van der Waals surface area contributed by atoms with Crippen molar-refractivity contribution in [3.05, 3.63) is 22.2 Å². The molecule has 1 atom stereocenters. The Morgan fingerprint density at radius 1 is 1.59 bits per heavy atom. The van der Waals surface area contributed by atoms with E-state index in [1.54, 1.807) is 6.92 Å². The number of nitrogens with zero attached hydrogens (tertiary/aromatic N) is 1. The molecule has 1 aromatic heterocycles. The maximum Gasteiger partial charge on any atom is 0.252 e. The lowest BCUT2D eigenvalue weighted by Crippen LogP contribution is -2.26. The Hall–Kier alpha value is -1.37. The highest BCUT2D eigenvalue weighted by Gasteiger charge is 2.30. The molecule has 2 heterocycles. The smallest absolute Gasteiger partial charge is 0.252 e. The number of aromatic nitrogens is 2. The fraction of sp³-hybridized carbons (Fsp3) is 0.600. The van der Waals surface area contributed by atoms with Crippen LogP contribution in [0.15, 0.2) is 10.9 Å². The maximum absolute atomic E-state index is 11.6. The fourth-order valence-electron chi connectivity index (χ4n) is 1.98. The number of rotatable bonds is 3. The highest BCUT2D eigenvalue weighted by molar-refractivity contribution is 7.92. The normalized spacial score (nSPS) is 22.5. The average molecular weight is 257 g/mol. The predicted octanol–water partition coefficient (Wildman–Crippen LogP) is 0.0674. The number of nitrogens with one attached hydrogen (secondary N) is 2. The minimum Gasteiger partial charge on any atom is -0.369 e. The van der Waals surface area contributed by atoms with Gasteiger partial charge >= 0.3 is 0 Å². The molecule has 1 unspecified atom stereocenters. The Kier molecular flexibility index (Phi) is 3.19. The first-order valence-electron chi connectivity index (χ1n) is 5.51. The summed E-state index contributed by atoms with van der Waals surface area (Å²) in [5.41, 5.74) is -0.241. The van der Waals surface area contributed by atoms with Crippen molar-refractivity contribution in [3.63, 3.8) is 0 Å². The molecule has 0 bridgehead atoms. The van der Waals surface area contributed by atoms with Crippen molar-refractivity contribution < 1.29 is 8.42 Å². The molecular formula is C10H15N3O3S. The third-order valence-corrected chi connectivity index (χ3v) is 5.11. The largest absolute Gasteiger partial charge is 0.369 e. The second-order valence-corrected chi connectivity index (χ2v) is 6.63. The summed E-state index contributed by atoms with van der Waals surface area (Å²) in [6.45, 7) is 2.00. The molecule has 0 aliphatic carbocycles. The number of aromatic amines is 1. The van der Waals surface area contributed by atoms with Crippen LogP contribution in [0.4, 0.5) is 5.82 Å². The van der Waals surface area contributed by atoms with E-state index in [0.717, 1.165) is 6.42 Å². The van der Waals surface area contributed by atoms with E-state index in [-0.39, 0.29) is 16.6 Å². The second-order valence-electron chi connectivity index (χ2n) is 4.23. The summed E-state index contributed by atoms with van der Waals surface area (Å²) in [5, 5.41) is 2.56. The summed E-state index contributed by atoms with van der Waals surface area (Å²) in [5.74, 6) is 1.20. The van der Waals surface area contributed by atoms with Gasteiger partial charge in [0.15, 0.2) is 9.84 Å². The Bertz CT molecular complexity index is 564. The molecule has 0 saturated carbocycles. The molecule has 0 radical (unpaired) electrons. The van der Waals surface area contributed by atoms with Crippen molar-refractivity contribution in [1.29, 1.82) is 0 Å². The van der Waals surface area contributed by atoms with Gasteiger partial charge in [0, 0.05) is 12.6 Å². The Morgan fingerprint density at radius 2 is 2.35 bits per heavy atom. The van der Waals surface area contributed by atoms with Gasteiger partial charge in [-0.25, -0.2) is 13.4 Å². The first-order chi connectivity index (χ1) is 7.97. The Morgan fingerprint density at radius 3 is 2.94 bits per heavy atom. The van der Waals surface area contributed by atoms with E-state index in [2.05, 4.69) is 15.3 Å². The van der Waals surface area contributed by atoms with Crippen LogP contribution in [-0.2, 0) is 9.84 Å². The molecule has 17 heavy (non-hydrogen) atoms. The lowest BCUT2D eigenvalue weighted by molar-refractivity contribution is 0.591. The molecule has 94 valence electrons. The first kappa shape index (κ1) is 12.1. The van der Waals surface area contributed by atoms with E-state index in [0.29, 0.717) is 24.6 Å². The molecule has 2 rings (SSSR count). The third kappa shape index (κ3) is 2.85. The third-order valence-electron chi connectivity index (χ3n) is 2.83. The van der Waals surface area contributed by atoms with Gasteiger partial charge in [0.25, 0.3) is 5.56 Å². The molecule has 1 saturated heterocycles. The van der Waals surface area contributed by atoms with Gasteiger partial charge in [0.05, 0.1) is 11.0 Å². The topological polar surface area (TPSA) is 91.9 Å². The number of sulfone groups is 1. The van der Waals surface area contributed by atoms with Crippen LogP contribution in [-0.4, -0.2) is 35.9 Å². The summed E-state index contributed by atoms with van der Waals surface area (Å²) in [6, 6.07) is 1.33. The average Bonchev–Trinajstić information content (AvgIpc) is 2.53. The number of hydrogen-bond donors (Lipinski definition) is 2. The quantitative estimate of drug-likeness (QED) is 0.799. The minimum atomic E-state index is -2.95. The van der Waals surface area contributed by atoms with Crippen LogP contribution in [0.25, 0.3) is 0 Å². The summed E-state index contributed by atoms with van der Waals surface area (Å²) in [4.78, 5) is 17.8. The van der Waals surface area contributed by atoms with Crippen molar-refractivity contribution in [2.45, 2.75) is 25.0 Å². The van der Waals surface area contributed by atoms with E-state index >= 15 is 0 Å². The van der Waals surface area contributed by atoms with Gasteiger partial charge in [-0.2, -0.15) is 0 Å². The number of aryl methyl sites for hydroxylation is 1. The van der Waals surface area contributed by atoms with Gasteiger partial charge in [-0.1, -0.05) is 0 Å². The molecule has 2 N–H and O–H groups in total. The van der Waals surface area contributed by atoms with E-state index in [9.17, 15) is 13.2 Å². The van der Waals surface area contributed by atoms with Crippen LogP contribution in [0.5, 0.6) is 0 Å². The van der Waals surface area contributed by atoms with Crippen molar-refractivity contribution in [1.82, 2.24) is 9.97 Å². The Balaban J connectivity index is 2.05. The molecular weight excluding hydrogens is 242 g/mol. The van der Waals surface area contributed by atoms with E-state index < -0.39 is 9.84 Å². The van der Waals surface area contributed by atoms with Crippen LogP contribution >= 0.6 is 0 Å². The van der Waals surface area contributed by atoms with E-state index in [4.69, 9.17) is 0 Å². The van der Waals surface area contributed by atoms with Crippen LogP contribution < -0.4 is 10.9 Å². The highest BCUT2D eigenvalue weighted by atomic mass is 32.2. The van der Waals surface area contributed by atoms with Crippen molar-refractivity contribution in [2.24, 2.45) is 0 Å². The molecule has 1 fully saturated rings. The van der Waals surface area contributed by atoms with E-state index in [1.807, 2.05) is 0 Å². The van der Waals surface area contributed by atoms with Gasteiger partial charge in [0.2, 0.25) is 0 Å². The van der Waals surface area contributed by atoms with Gasteiger partial charge in [0.1, 0.15) is 11.6 Å². The number of hydrogen-bond acceptors (Lipinski definition) is 5. The molecule has 1 aromatic rings. The number of H-pyrrole nitrogens is 1. The lowest BCUT2D eigenvalue weighted by Gasteiger charge is -2.11. The van der Waals surface area contributed by atoms with E-state index in [1.165, 1.54) is 6.07 Å². The molecule has 1 aliphatic heterocycles. The standard InChI is InChI=1S/C10H15N3O3S/c1-7-12-9(5-10(14)13-7)11-6-8-3-2-4-17(8,15)16/h5,8H,2-4,6H2,1H3,(H2,11,12,13,14). The molecule has 7 heteroatoms. The summed E-state index contributed by atoms with van der Waals surface area (Å²) in [6.07, 6.45) is 1.40. The molecule has 0 aromatic carbocycles. The van der Waals surface area contributed by atoms with Crippen LogP contribution in [0, 0.1) is 6.92 Å². The SMILES string of the molecule is Cc1nc(NCC2CCCS2(=O)=O)cc(=O)[nH]1.